The van der Waals surface area contributed by atoms with Gasteiger partial charge in [-0.1, -0.05) is 18.2 Å². The molecular weight excluding hydrogens is 229 g/mol. The smallest absolute Gasteiger partial charge is 0.181 e. The van der Waals surface area contributed by atoms with Crippen LogP contribution in [-0.4, -0.2) is 32.9 Å². The Morgan fingerprint density at radius 1 is 1.31 bits per heavy atom. The van der Waals surface area contributed by atoms with Crippen molar-refractivity contribution in [1.29, 1.82) is 0 Å². The molecule has 2 rings (SSSR count). The van der Waals surface area contributed by atoms with Crippen molar-refractivity contribution >= 4 is 9.84 Å². The molecule has 1 fully saturated rings. The molecule has 0 saturated carbocycles. The van der Waals surface area contributed by atoms with Gasteiger partial charge in [-0.3, -0.25) is 0 Å². The molecule has 3 nitrogen and oxygen atoms in total. The van der Waals surface area contributed by atoms with Crippen LogP contribution in [0.1, 0.15) is 6.42 Å². The Morgan fingerprint density at radius 3 is 2.56 bits per heavy atom. The Kier molecular flexibility index (Phi) is 2.99. The molecule has 1 aromatic carbocycles. The number of alkyl halides is 1. The first-order valence-electron chi connectivity index (χ1n) is 5.19. The maximum atomic E-state index is 14.1. The fraction of sp³-hybridized carbons (Fsp3) is 0.455. The molecule has 88 valence electrons. The minimum Gasteiger partial charge on any atom is -0.313 e. The van der Waals surface area contributed by atoms with Crippen LogP contribution >= 0.6 is 0 Å². The molecule has 1 aliphatic rings. The van der Waals surface area contributed by atoms with Crippen molar-refractivity contribution in [2.75, 3.05) is 18.8 Å². The highest BCUT2D eigenvalue weighted by Crippen LogP contribution is 2.25. The fourth-order valence-corrected chi connectivity index (χ4v) is 3.55. The second-order valence-corrected chi connectivity index (χ2v) is 6.14. The summed E-state index contributed by atoms with van der Waals surface area (Å²) >= 11 is 0. The number of hydrogen-bond acceptors (Lipinski definition) is 3. The monoisotopic (exact) mass is 243 g/mol. The van der Waals surface area contributed by atoms with Gasteiger partial charge in [0.2, 0.25) is 0 Å². The van der Waals surface area contributed by atoms with E-state index >= 15 is 0 Å². The van der Waals surface area contributed by atoms with Gasteiger partial charge in [-0.05, 0) is 25.1 Å². The Balaban J connectivity index is 2.21. The van der Waals surface area contributed by atoms with E-state index in [0.29, 0.717) is 6.54 Å². The first kappa shape index (κ1) is 11.5. The van der Waals surface area contributed by atoms with Crippen molar-refractivity contribution in [3.8, 4) is 0 Å². The third-order valence-corrected chi connectivity index (χ3v) is 4.63. The van der Waals surface area contributed by atoms with E-state index in [1.807, 2.05) is 0 Å². The summed E-state index contributed by atoms with van der Waals surface area (Å²) in [5, 5.41) is 2.85. The van der Waals surface area contributed by atoms with Crippen LogP contribution in [0.2, 0.25) is 0 Å². The lowest BCUT2D eigenvalue weighted by Crippen LogP contribution is -2.34. The van der Waals surface area contributed by atoms with E-state index in [9.17, 15) is 12.8 Å². The maximum Gasteiger partial charge on any atom is 0.181 e. The lowest BCUT2D eigenvalue weighted by Gasteiger charge is -2.17. The van der Waals surface area contributed by atoms with E-state index in [0.717, 1.165) is 0 Å². The molecule has 1 saturated heterocycles. The quantitative estimate of drug-likeness (QED) is 0.866. The van der Waals surface area contributed by atoms with Crippen LogP contribution in [0.5, 0.6) is 0 Å². The van der Waals surface area contributed by atoms with Gasteiger partial charge in [-0.15, -0.1) is 0 Å². The van der Waals surface area contributed by atoms with Crippen LogP contribution in [0, 0.1) is 0 Å². The van der Waals surface area contributed by atoms with Crippen molar-refractivity contribution in [3.63, 3.8) is 0 Å². The normalized spacial score (nSPS) is 25.8. The second kappa shape index (κ2) is 4.14. The van der Waals surface area contributed by atoms with Gasteiger partial charge in [0, 0.05) is 6.54 Å². The van der Waals surface area contributed by atoms with Crippen molar-refractivity contribution in [1.82, 2.24) is 5.32 Å². The molecule has 0 aromatic heterocycles. The largest absolute Gasteiger partial charge is 0.313 e. The van der Waals surface area contributed by atoms with E-state index in [-0.39, 0.29) is 17.9 Å². The lowest BCUT2D eigenvalue weighted by atomic mass is 10.1. The molecule has 0 aliphatic carbocycles. The summed E-state index contributed by atoms with van der Waals surface area (Å²) in [6.45, 7) is 0.667. The highest BCUT2D eigenvalue weighted by molar-refractivity contribution is 7.91. The molecule has 0 amide bonds. The van der Waals surface area contributed by atoms with Crippen LogP contribution in [-0.2, 0) is 9.84 Å². The summed E-state index contributed by atoms with van der Waals surface area (Å²) in [6.07, 6.45) is 0.263. The van der Waals surface area contributed by atoms with E-state index in [2.05, 4.69) is 5.32 Å². The van der Waals surface area contributed by atoms with Crippen molar-refractivity contribution < 1.29 is 12.8 Å². The molecule has 1 atom stereocenters. The maximum absolute atomic E-state index is 14.1. The molecule has 1 heterocycles. The molecule has 1 unspecified atom stereocenters. The summed E-state index contributed by atoms with van der Waals surface area (Å²) in [4.78, 5) is 0.193. The topological polar surface area (TPSA) is 46.2 Å². The Hall–Kier alpha value is -0.940. The Bertz CT molecular complexity index is 452. The molecule has 0 spiro atoms. The molecule has 0 radical (unpaired) electrons. The van der Waals surface area contributed by atoms with Crippen LogP contribution in [0.15, 0.2) is 35.2 Å². The van der Waals surface area contributed by atoms with E-state index in [4.69, 9.17) is 0 Å². The first-order chi connectivity index (χ1) is 7.52. The summed E-state index contributed by atoms with van der Waals surface area (Å²) in [5.41, 5.74) is -1.62. The van der Waals surface area contributed by atoms with Gasteiger partial charge in [0.05, 0.1) is 10.6 Å². The summed E-state index contributed by atoms with van der Waals surface area (Å²) in [5.74, 6) is -0.434. The molecule has 16 heavy (non-hydrogen) atoms. The average Bonchev–Trinajstić information content (AvgIpc) is 2.65. The molecule has 1 N–H and O–H groups in total. The number of hydrogen-bond donors (Lipinski definition) is 1. The fourth-order valence-electron chi connectivity index (χ4n) is 1.89. The number of sulfone groups is 1. The van der Waals surface area contributed by atoms with Crippen LogP contribution in [0.25, 0.3) is 0 Å². The summed E-state index contributed by atoms with van der Waals surface area (Å²) in [7, 11) is -3.52. The zero-order chi connectivity index (χ0) is 11.6. The molecule has 1 aromatic rings. The SMILES string of the molecule is O=S(=O)(CC1(F)CCNC1)c1ccccc1. The zero-order valence-electron chi connectivity index (χ0n) is 8.82. The predicted octanol–water partition coefficient (Wildman–Crippen LogP) is 1.16. The van der Waals surface area contributed by atoms with Crippen LogP contribution < -0.4 is 5.32 Å². The van der Waals surface area contributed by atoms with Gasteiger partial charge < -0.3 is 5.32 Å². The molecule has 0 bridgehead atoms. The Morgan fingerprint density at radius 2 is 2.00 bits per heavy atom. The number of rotatable bonds is 3. The van der Waals surface area contributed by atoms with Gasteiger partial charge in [0.1, 0.15) is 5.67 Å². The molecule has 5 heteroatoms. The second-order valence-electron chi connectivity index (χ2n) is 4.15. The highest BCUT2D eigenvalue weighted by atomic mass is 32.2. The third-order valence-electron chi connectivity index (χ3n) is 2.74. The predicted molar refractivity (Wildman–Crippen MR) is 59.8 cm³/mol. The minimum absolute atomic E-state index is 0.124. The van der Waals surface area contributed by atoms with Crippen LogP contribution in [0.4, 0.5) is 4.39 Å². The summed E-state index contributed by atoms with van der Waals surface area (Å²) < 4.78 is 37.9. The van der Waals surface area contributed by atoms with Crippen molar-refractivity contribution in [2.45, 2.75) is 17.0 Å². The van der Waals surface area contributed by atoms with Gasteiger partial charge in [-0.2, -0.15) is 0 Å². The van der Waals surface area contributed by atoms with Gasteiger partial charge >= 0.3 is 0 Å². The molecular formula is C11H14FNO2S. The zero-order valence-corrected chi connectivity index (χ0v) is 9.63. The van der Waals surface area contributed by atoms with Gasteiger partial charge in [0.25, 0.3) is 0 Å². The van der Waals surface area contributed by atoms with Crippen molar-refractivity contribution in [3.05, 3.63) is 30.3 Å². The number of benzene rings is 1. The van der Waals surface area contributed by atoms with E-state index < -0.39 is 21.3 Å². The van der Waals surface area contributed by atoms with Gasteiger partial charge in [0.15, 0.2) is 9.84 Å². The number of nitrogens with one attached hydrogen (secondary N) is 1. The Labute approximate surface area is 94.6 Å². The summed E-state index contributed by atoms with van der Waals surface area (Å²) in [6, 6.07) is 8.03. The standard InChI is InChI=1S/C11H14FNO2S/c12-11(6-7-13-8-11)9-16(14,15)10-4-2-1-3-5-10/h1-5,13H,6-9H2. The van der Waals surface area contributed by atoms with Gasteiger partial charge in [-0.25, -0.2) is 12.8 Å². The van der Waals surface area contributed by atoms with E-state index in [1.165, 1.54) is 12.1 Å². The third kappa shape index (κ3) is 2.41. The van der Waals surface area contributed by atoms with Crippen molar-refractivity contribution in [2.24, 2.45) is 0 Å². The minimum atomic E-state index is -3.52. The highest BCUT2D eigenvalue weighted by Gasteiger charge is 2.38. The van der Waals surface area contributed by atoms with E-state index in [1.54, 1.807) is 18.2 Å². The van der Waals surface area contributed by atoms with Crippen LogP contribution in [0.3, 0.4) is 0 Å². The first-order valence-corrected chi connectivity index (χ1v) is 6.85. The molecule has 1 aliphatic heterocycles. The average molecular weight is 243 g/mol. The lowest BCUT2D eigenvalue weighted by molar-refractivity contribution is 0.221. The number of halogens is 1.